The SMILES string of the molecule is COC(CNC(=O)CCc1c(C)nc2c3c(C)cc(C)nc3nn2c1C)OC. The van der Waals surface area contributed by atoms with E-state index in [-0.39, 0.29) is 5.91 Å². The molecule has 3 aromatic heterocycles. The second-order valence-corrected chi connectivity index (χ2v) is 6.98. The van der Waals surface area contributed by atoms with E-state index in [1.807, 2.05) is 31.4 Å². The Bertz CT molecular complexity index is 1020. The van der Waals surface area contributed by atoms with E-state index in [1.54, 1.807) is 14.2 Å². The van der Waals surface area contributed by atoms with Crippen LogP contribution in [0.4, 0.5) is 0 Å². The smallest absolute Gasteiger partial charge is 0.220 e. The van der Waals surface area contributed by atoms with Crippen molar-refractivity contribution in [3.63, 3.8) is 0 Å². The van der Waals surface area contributed by atoms with Crippen molar-refractivity contribution in [1.29, 1.82) is 0 Å². The van der Waals surface area contributed by atoms with E-state index >= 15 is 0 Å². The van der Waals surface area contributed by atoms with Crippen LogP contribution in [0.25, 0.3) is 16.7 Å². The van der Waals surface area contributed by atoms with Gasteiger partial charge in [-0.05, 0) is 51.3 Å². The first-order valence-electron chi connectivity index (χ1n) is 9.30. The van der Waals surface area contributed by atoms with E-state index in [0.717, 1.165) is 39.2 Å². The van der Waals surface area contributed by atoms with Gasteiger partial charge in [0.25, 0.3) is 0 Å². The van der Waals surface area contributed by atoms with Crippen molar-refractivity contribution in [2.45, 2.75) is 46.8 Å². The lowest BCUT2D eigenvalue weighted by atomic mass is 10.1. The third-order valence-electron chi connectivity index (χ3n) is 5.00. The molecule has 0 aliphatic heterocycles. The number of aromatic nitrogens is 4. The first kappa shape index (κ1) is 20.2. The van der Waals surface area contributed by atoms with Gasteiger partial charge in [-0.1, -0.05) is 0 Å². The van der Waals surface area contributed by atoms with Crippen molar-refractivity contribution >= 4 is 22.6 Å². The largest absolute Gasteiger partial charge is 0.354 e. The number of fused-ring (bicyclic) bond motifs is 3. The zero-order valence-corrected chi connectivity index (χ0v) is 17.3. The molecule has 0 radical (unpaired) electrons. The molecule has 3 rings (SSSR count). The van der Waals surface area contributed by atoms with Gasteiger partial charge < -0.3 is 14.8 Å². The minimum Gasteiger partial charge on any atom is -0.354 e. The van der Waals surface area contributed by atoms with Crippen molar-refractivity contribution in [1.82, 2.24) is 24.9 Å². The quantitative estimate of drug-likeness (QED) is 0.627. The molecule has 0 unspecified atom stereocenters. The summed E-state index contributed by atoms with van der Waals surface area (Å²) in [6, 6.07) is 2.04. The Labute approximate surface area is 164 Å². The molecule has 8 nitrogen and oxygen atoms in total. The van der Waals surface area contributed by atoms with E-state index in [2.05, 4.69) is 22.3 Å². The van der Waals surface area contributed by atoms with Crippen LogP contribution in [0.3, 0.4) is 0 Å². The Kier molecular flexibility index (Phi) is 5.90. The molecule has 1 N–H and O–H groups in total. The second kappa shape index (κ2) is 8.20. The van der Waals surface area contributed by atoms with E-state index in [4.69, 9.17) is 14.5 Å². The van der Waals surface area contributed by atoms with Gasteiger partial charge in [0.15, 0.2) is 17.6 Å². The minimum absolute atomic E-state index is 0.0586. The number of carbonyl (C=O) groups is 1. The summed E-state index contributed by atoms with van der Waals surface area (Å²) >= 11 is 0. The number of aryl methyl sites for hydroxylation is 4. The highest BCUT2D eigenvalue weighted by Crippen LogP contribution is 2.25. The number of nitrogens with one attached hydrogen (secondary N) is 1. The third-order valence-corrected chi connectivity index (χ3v) is 5.00. The average Bonchev–Trinajstić information content (AvgIpc) is 3.00. The van der Waals surface area contributed by atoms with E-state index in [0.29, 0.717) is 25.0 Å². The summed E-state index contributed by atoms with van der Waals surface area (Å²) in [7, 11) is 3.08. The van der Waals surface area contributed by atoms with Crippen molar-refractivity contribution in [3.05, 3.63) is 34.3 Å². The molecule has 8 heteroatoms. The number of rotatable bonds is 7. The summed E-state index contributed by atoms with van der Waals surface area (Å²) in [5, 5.41) is 8.46. The van der Waals surface area contributed by atoms with Crippen molar-refractivity contribution in [2.75, 3.05) is 20.8 Å². The van der Waals surface area contributed by atoms with Crippen LogP contribution in [-0.4, -0.2) is 52.5 Å². The van der Waals surface area contributed by atoms with Crippen molar-refractivity contribution in [3.8, 4) is 0 Å². The minimum atomic E-state index is -0.443. The highest BCUT2D eigenvalue weighted by molar-refractivity contribution is 5.93. The molecular weight excluding hydrogens is 358 g/mol. The average molecular weight is 385 g/mol. The normalized spacial score (nSPS) is 11.7. The summed E-state index contributed by atoms with van der Waals surface area (Å²) in [6.45, 7) is 8.31. The van der Waals surface area contributed by atoms with Crippen LogP contribution in [0.2, 0.25) is 0 Å². The molecule has 150 valence electrons. The van der Waals surface area contributed by atoms with E-state index in [9.17, 15) is 4.79 Å². The number of hydrogen-bond donors (Lipinski definition) is 1. The molecule has 0 saturated carbocycles. The van der Waals surface area contributed by atoms with Crippen LogP contribution in [-0.2, 0) is 20.7 Å². The monoisotopic (exact) mass is 385 g/mol. The van der Waals surface area contributed by atoms with Crippen LogP contribution in [0, 0.1) is 27.7 Å². The molecule has 1 amide bonds. The van der Waals surface area contributed by atoms with Crippen LogP contribution in [0.5, 0.6) is 0 Å². The number of methoxy groups -OCH3 is 2. The molecule has 3 aromatic rings. The molecule has 0 aliphatic carbocycles. The molecule has 0 saturated heterocycles. The second-order valence-electron chi connectivity index (χ2n) is 6.98. The maximum Gasteiger partial charge on any atom is 0.220 e. The fourth-order valence-corrected chi connectivity index (χ4v) is 3.52. The predicted octanol–water partition coefficient (Wildman–Crippen LogP) is 2.18. The number of amides is 1. The third kappa shape index (κ3) is 3.83. The van der Waals surface area contributed by atoms with Gasteiger partial charge in [-0.3, -0.25) is 4.79 Å². The van der Waals surface area contributed by atoms with Crippen LogP contribution in [0.15, 0.2) is 6.07 Å². The lowest BCUT2D eigenvalue weighted by Gasteiger charge is -2.14. The summed E-state index contributed by atoms with van der Waals surface area (Å²) < 4.78 is 12.0. The zero-order chi connectivity index (χ0) is 20.4. The molecule has 28 heavy (non-hydrogen) atoms. The Morgan fingerprint density at radius 3 is 2.57 bits per heavy atom. The highest BCUT2D eigenvalue weighted by Gasteiger charge is 2.17. The number of ether oxygens (including phenoxy) is 2. The van der Waals surface area contributed by atoms with Gasteiger partial charge in [0.2, 0.25) is 5.91 Å². The topological polar surface area (TPSA) is 90.6 Å². The van der Waals surface area contributed by atoms with Crippen LogP contribution < -0.4 is 5.32 Å². The van der Waals surface area contributed by atoms with Gasteiger partial charge in [0.1, 0.15) is 0 Å². The summed E-state index contributed by atoms with van der Waals surface area (Å²) in [5.74, 6) is -0.0586. The summed E-state index contributed by atoms with van der Waals surface area (Å²) in [6.07, 6.45) is 0.492. The van der Waals surface area contributed by atoms with Crippen molar-refractivity contribution in [2.24, 2.45) is 0 Å². The molecule has 3 heterocycles. The van der Waals surface area contributed by atoms with Gasteiger partial charge in [-0.15, -0.1) is 5.10 Å². The van der Waals surface area contributed by atoms with E-state index in [1.165, 1.54) is 0 Å². The number of carbonyl (C=O) groups excluding carboxylic acids is 1. The van der Waals surface area contributed by atoms with Gasteiger partial charge in [0, 0.05) is 37.7 Å². The Hall–Kier alpha value is -2.58. The Balaban J connectivity index is 1.85. The van der Waals surface area contributed by atoms with Gasteiger partial charge >= 0.3 is 0 Å². The fourth-order valence-electron chi connectivity index (χ4n) is 3.52. The maximum absolute atomic E-state index is 12.2. The fraction of sp³-hybridized carbons (Fsp3) is 0.500. The molecule has 0 atom stereocenters. The number of hydrogen-bond acceptors (Lipinski definition) is 6. The standard InChI is InChI=1S/C20H27N5O3/c1-11-9-12(2)22-19-18(11)20-23-13(3)15(14(4)25(20)24-19)7-8-16(26)21-10-17(27-5)28-6/h9,17H,7-8,10H2,1-6H3,(H,21,26). The molecule has 0 aliphatic rings. The lowest BCUT2D eigenvalue weighted by molar-refractivity contribution is -0.127. The number of nitrogens with zero attached hydrogens (tertiary/aromatic N) is 4. The molecule has 0 fully saturated rings. The van der Waals surface area contributed by atoms with Crippen molar-refractivity contribution < 1.29 is 14.3 Å². The highest BCUT2D eigenvalue weighted by atomic mass is 16.7. The predicted molar refractivity (Wildman–Crippen MR) is 106 cm³/mol. The Morgan fingerprint density at radius 2 is 1.89 bits per heavy atom. The summed E-state index contributed by atoms with van der Waals surface area (Å²) in [5.41, 5.74) is 6.48. The first-order valence-corrected chi connectivity index (χ1v) is 9.30. The molecular formula is C20H27N5O3. The maximum atomic E-state index is 12.2. The molecule has 0 spiro atoms. The van der Waals surface area contributed by atoms with Gasteiger partial charge in [-0.25, -0.2) is 14.5 Å². The Morgan fingerprint density at radius 1 is 1.18 bits per heavy atom. The van der Waals surface area contributed by atoms with E-state index < -0.39 is 6.29 Å². The van der Waals surface area contributed by atoms with Gasteiger partial charge in [-0.2, -0.15) is 0 Å². The molecule has 0 aromatic carbocycles. The zero-order valence-electron chi connectivity index (χ0n) is 17.3. The number of pyridine rings is 1. The molecule has 0 bridgehead atoms. The van der Waals surface area contributed by atoms with Crippen LogP contribution in [0.1, 0.15) is 34.6 Å². The van der Waals surface area contributed by atoms with Crippen LogP contribution >= 0.6 is 0 Å². The first-order chi connectivity index (χ1) is 13.3. The van der Waals surface area contributed by atoms with Gasteiger partial charge in [0.05, 0.1) is 11.9 Å². The lowest BCUT2D eigenvalue weighted by Crippen LogP contribution is -2.34. The summed E-state index contributed by atoms with van der Waals surface area (Å²) in [4.78, 5) is 21.5.